The normalized spacial score (nSPS) is 13.2. The minimum atomic E-state index is -0.582. The maximum Gasteiger partial charge on any atom is 0.269 e. The molecule has 0 bridgehead atoms. The highest BCUT2D eigenvalue weighted by molar-refractivity contribution is 5.85. The van der Waals surface area contributed by atoms with E-state index in [9.17, 15) is 14.9 Å². The first-order chi connectivity index (χ1) is 8.82. The second-order valence-corrected chi connectivity index (χ2v) is 4.85. The summed E-state index contributed by atoms with van der Waals surface area (Å²) in [5.74, 6) is -0.216. The van der Waals surface area contributed by atoms with Crippen molar-refractivity contribution in [3.63, 3.8) is 0 Å². The van der Waals surface area contributed by atoms with Gasteiger partial charge in [-0.3, -0.25) is 14.9 Å². The summed E-state index contributed by atoms with van der Waals surface area (Å²) in [5.41, 5.74) is 6.43. The van der Waals surface area contributed by atoms with Gasteiger partial charge in [-0.1, -0.05) is 26.0 Å². The van der Waals surface area contributed by atoms with Crippen LogP contribution in [-0.2, 0) is 4.79 Å². The largest absolute Gasteiger partial charge is 0.348 e. The highest BCUT2D eigenvalue weighted by atomic mass is 35.5. The number of rotatable bonds is 5. The monoisotopic (exact) mass is 301 g/mol. The predicted octanol–water partition coefficient (Wildman–Crippen LogP) is 2.18. The highest BCUT2D eigenvalue weighted by Gasteiger charge is 2.20. The fourth-order valence-electron chi connectivity index (χ4n) is 1.60. The average molecular weight is 302 g/mol. The number of amides is 1. The molecule has 0 aliphatic heterocycles. The van der Waals surface area contributed by atoms with Gasteiger partial charge in [-0.2, -0.15) is 0 Å². The SMILES string of the molecule is CC(NC(=O)C(N)C(C)C)c1cccc([N+](=O)[O-])c1.Cl. The van der Waals surface area contributed by atoms with E-state index in [1.165, 1.54) is 12.1 Å². The molecule has 112 valence electrons. The summed E-state index contributed by atoms with van der Waals surface area (Å²) >= 11 is 0. The van der Waals surface area contributed by atoms with Crippen molar-refractivity contribution in [2.75, 3.05) is 0 Å². The number of halogens is 1. The number of nitro groups is 1. The standard InChI is InChI=1S/C13H19N3O3.ClH/c1-8(2)12(14)13(17)15-9(3)10-5-4-6-11(7-10)16(18)19;/h4-9,12H,14H2,1-3H3,(H,15,17);1H. The van der Waals surface area contributed by atoms with Gasteiger partial charge in [-0.05, 0) is 18.4 Å². The van der Waals surface area contributed by atoms with Crippen LogP contribution in [0.25, 0.3) is 0 Å². The molecule has 7 heteroatoms. The van der Waals surface area contributed by atoms with Crippen LogP contribution < -0.4 is 11.1 Å². The zero-order chi connectivity index (χ0) is 14.6. The Hall–Kier alpha value is -1.66. The zero-order valence-corrected chi connectivity index (χ0v) is 12.5. The summed E-state index contributed by atoms with van der Waals surface area (Å²) in [4.78, 5) is 22.1. The Morgan fingerprint density at radius 1 is 1.35 bits per heavy atom. The molecule has 0 fully saturated rings. The summed E-state index contributed by atoms with van der Waals surface area (Å²) < 4.78 is 0. The van der Waals surface area contributed by atoms with Crippen molar-refractivity contribution in [1.82, 2.24) is 5.32 Å². The smallest absolute Gasteiger partial charge is 0.269 e. The Morgan fingerprint density at radius 2 is 1.95 bits per heavy atom. The molecule has 0 aliphatic rings. The lowest BCUT2D eigenvalue weighted by Crippen LogP contribution is -2.44. The average Bonchev–Trinajstić information content (AvgIpc) is 2.37. The number of nitrogens with one attached hydrogen (secondary N) is 1. The molecule has 0 aliphatic carbocycles. The molecule has 0 spiro atoms. The van der Waals surface area contributed by atoms with Crippen LogP contribution in [0.5, 0.6) is 0 Å². The third kappa shape index (κ3) is 4.79. The molecular weight excluding hydrogens is 282 g/mol. The number of benzene rings is 1. The van der Waals surface area contributed by atoms with Crippen LogP contribution in [0.3, 0.4) is 0 Å². The number of nitrogens with two attached hydrogens (primary N) is 1. The van der Waals surface area contributed by atoms with Crippen LogP contribution in [0.15, 0.2) is 24.3 Å². The van der Waals surface area contributed by atoms with E-state index in [0.717, 1.165) is 0 Å². The molecule has 1 aromatic rings. The van der Waals surface area contributed by atoms with Crippen molar-refractivity contribution in [1.29, 1.82) is 0 Å². The summed E-state index contributed by atoms with van der Waals surface area (Å²) in [7, 11) is 0. The van der Waals surface area contributed by atoms with E-state index in [-0.39, 0.29) is 36.0 Å². The van der Waals surface area contributed by atoms with Crippen molar-refractivity contribution >= 4 is 24.0 Å². The molecule has 2 atom stereocenters. The van der Waals surface area contributed by atoms with E-state index in [4.69, 9.17) is 5.73 Å². The first-order valence-corrected chi connectivity index (χ1v) is 6.13. The van der Waals surface area contributed by atoms with Gasteiger partial charge >= 0.3 is 0 Å². The molecule has 0 aromatic heterocycles. The molecule has 0 saturated carbocycles. The lowest BCUT2D eigenvalue weighted by molar-refractivity contribution is -0.384. The van der Waals surface area contributed by atoms with Crippen LogP contribution in [0, 0.1) is 16.0 Å². The topological polar surface area (TPSA) is 98.3 Å². The van der Waals surface area contributed by atoms with Crippen LogP contribution in [0.2, 0.25) is 0 Å². The van der Waals surface area contributed by atoms with Gasteiger partial charge in [0.05, 0.1) is 17.0 Å². The van der Waals surface area contributed by atoms with Crippen molar-refractivity contribution < 1.29 is 9.72 Å². The number of carbonyl (C=O) groups excluding carboxylic acids is 1. The quantitative estimate of drug-likeness (QED) is 0.643. The maximum absolute atomic E-state index is 11.8. The van der Waals surface area contributed by atoms with E-state index in [2.05, 4.69) is 5.32 Å². The van der Waals surface area contributed by atoms with Gasteiger partial charge in [0.25, 0.3) is 5.69 Å². The van der Waals surface area contributed by atoms with Crippen molar-refractivity contribution in [3.8, 4) is 0 Å². The number of hydrogen-bond acceptors (Lipinski definition) is 4. The van der Waals surface area contributed by atoms with E-state index in [0.29, 0.717) is 5.56 Å². The Kier molecular flexibility index (Phi) is 7.17. The molecule has 3 N–H and O–H groups in total. The number of non-ortho nitro benzene ring substituents is 1. The number of hydrogen-bond donors (Lipinski definition) is 2. The van der Waals surface area contributed by atoms with Crippen molar-refractivity contribution in [2.45, 2.75) is 32.9 Å². The third-order valence-corrected chi connectivity index (χ3v) is 2.96. The van der Waals surface area contributed by atoms with Gasteiger partial charge < -0.3 is 11.1 Å². The minimum absolute atomic E-state index is 0. The molecule has 1 amide bonds. The number of nitro benzene ring substituents is 1. The van der Waals surface area contributed by atoms with E-state index < -0.39 is 11.0 Å². The van der Waals surface area contributed by atoms with Gasteiger partial charge in [0.15, 0.2) is 0 Å². The molecule has 2 unspecified atom stereocenters. The molecule has 0 heterocycles. The van der Waals surface area contributed by atoms with Crippen LogP contribution >= 0.6 is 12.4 Å². The third-order valence-electron chi connectivity index (χ3n) is 2.96. The molecule has 0 saturated heterocycles. The fourth-order valence-corrected chi connectivity index (χ4v) is 1.60. The predicted molar refractivity (Wildman–Crippen MR) is 79.7 cm³/mol. The lowest BCUT2D eigenvalue weighted by Gasteiger charge is -2.19. The van der Waals surface area contributed by atoms with Crippen molar-refractivity contribution in [2.24, 2.45) is 11.7 Å². The summed E-state index contributed by atoms with van der Waals surface area (Å²) in [5, 5.41) is 13.5. The van der Waals surface area contributed by atoms with Crippen LogP contribution in [0.1, 0.15) is 32.4 Å². The Bertz CT molecular complexity index is 480. The first-order valence-electron chi connectivity index (χ1n) is 6.13. The molecule has 6 nitrogen and oxygen atoms in total. The van der Waals surface area contributed by atoms with E-state index >= 15 is 0 Å². The van der Waals surface area contributed by atoms with Crippen molar-refractivity contribution in [3.05, 3.63) is 39.9 Å². The van der Waals surface area contributed by atoms with Gasteiger partial charge in [0, 0.05) is 12.1 Å². The maximum atomic E-state index is 11.8. The molecule has 1 aromatic carbocycles. The first kappa shape index (κ1) is 18.3. The van der Waals surface area contributed by atoms with E-state index in [1.807, 2.05) is 13.8 Å². The second kappa shape index (κ2) is 7.81. The molecular formula is C13H20ClN3O3. The molecule has 1 rings (SSSR count). The van der Waals surface area contributed by atoms with Crippen LogP contribution in [-0.4, -0.2) is 16.9 Å². The number of nitrogens with zero attached hydrogens (tertiary/aromatic N) is 1. The lowest BCUT2D eigenvalue weighted by atomic mass is 10.0. The molecule has 0 radical (unpaired) electrons. The van der Waals surface area contributed by atoms with Gasteiger partial charge in [0.2, 0.25) is 5.91 Å². The van der Waals surface area contributed by atoms with Gasteiger partial charge in [-0.25, -0.2) is 0 Å². The molecule has 20 heavy (non-hydrogen) atoms. The Balaban J connectivity index is 0.00000361. The zero-order valence-electron chi connectivity index (χ0n) is 11.7. The fraction of sp³-hybridized carbons (Fsp3) is 0.462. The van der Waals surface area contributed by atoms with E-state index in [1.54, 1.807) is 19.1 Å². The Labute approximate surface area is 124 Å². The minimum Gasteiger partial charge on any atom is -0.348 e. The van der Waals surface area contributed by atoms with Crippen LogP contribution in [0.4, 0.5) is 5.69 Å². The Morgan fingerprint density at radius 3 is 2.45 bits per heavy atom. The summed E-state index contributed by atoms with van der Waals surface area (Å²) in [6.45, 7) is 5.49. The number of carbonyl (C=O) groups is 1. The summed E-state index contributed by atoms with van der Waals surface area (Å²) in [6.07, 6.45) is 0. The second-order valence-electron chi connectivity index (χ2n) is 4.85. The van der Waals surface area contributed by atoms with Gasteiger partial charge in [-0.15, -0.1) is 12.4 Å². The van der Waals surface area contributed by atoms with Gasteiger partial charge in [0.1, 0.15) is 0 Å². The summed E-state index contributed by atoms with van der Waals surface area (Å²) in [6, 6.07) is 5.29. The highest BCUT2D eigenvalue weighted by Crippen LogP contribution is 2.19.